The van der Waals surface area contributed by atoms with E-state index in [4.69, 9.17) is 0 Å². The van der Waals surface area contributed by atoms with Crippen LogP contribution in [0.15, 0.2) is 36.5 Å². The molecule has 0 saturated carbocycles. The van der Waals surface area contributed by atoms with Gasteiger partial charge in [-0.2, -0.15) is 0 Å². The third-order valence-electron chi connectivity index (χ3n) is 3.05. The Kier molecular flexibility index (Phi) is 3.81. The molecule has 4 nitrogen and oxygen atoms in total. The van der Waals surface area contributed by atoms with Crippen molar-refractivity contribution in [3.63, 3.8) is 0 Å². The van der Waals surface area contributed by atoms with Gasteiger partial charge in [0.25, 0.3) is 0 Å². The van der Waals surface area contributed by atoms with Crippen LogP contribution in [-0.4, -0.2) is 23.0 Å². The summed E-state index contributed by atoms with van der Waals surface area (Å²) >= 11 is 0. The molecule has 1 amide bonds. The number of nitrogens with zero attached hydrogens (tertiary/aromatic N) is 1. The number of carbonyl (C=O) groups excluding carboxylic acids is 1. The Morgan fingerprint density at radius 2 is 2.11 bits per heavy atom. The average molecular weight is 257 g/mol. The Morgan fingerprint density at radius 1 is 1.32 bits per heavy atom. The minimum absolute atomic E-state index is 0.0439. The van der Waals surface area contributed by atoms with E-state index in [0.717, 1.165) is 23.1 Å². The van der Waals surface area contributed by atoms with Crippen molar-refractivity contribution < 1.29 is 4.79 Å². The number of carbonyl (C=O) groups is 1. The lowest BCUT2D eigenvalue weighted by atomic mass is 10.0. The number of hydrogen-bond acceptors (Lipinski definition) is 3. The number of nitrogens with one attached hydrogen (secondary N) is 2. The van der Waals surface area contributed by atoms with Crippen LogP contribution >= 0.6 is 0 Å². The van der Waals surface area contributed by atoms with Crippen molar-refractivity contribution in [3.05, 3.63) is 36.5 Å². The van der Waals surface area contributed by atoms with E-state index >= 15 is 0 Å². The number of likely N-dealkylation sites (N-methyl/N-ethyl adjacent to an activating group) is 1. The van der Waals surface area contributed by atoms with E-state index in [1.807, 2.05) is 51.1 Å². The highest BCUT2D eigenvalue weighted by molar-refractivity contribution is 5.99. The number of fused-ring (bicyclic) bond motifs is 1. The summed E-state index contributed by atoms with van der Waals surface area (Å²) in [5.74, 6) is -0.0439. The first kappa shape index (κ1) is 13.5. The van der Waals surface area contributed by atoms with Crippen molar-refractivity contribution in [2.75, 3.05) is 11.9 Å². The Morgan fingerprint density at radius 3 is 2.84 bits per heavy atom. The normalized spacial score (nSPS) is 11.5. The minimum Gasteiger partial charge on any atom is -0.324 e. The zero-order chi connectivity index (χ0) is 13.9. The summed E-state index contributed by atoms with van der Waals surface area (Å²) in [5.41, 5.74) is 1.13. The fourth-order valence-corrected chi connectivity index (χ4v) is 1.96. The average Bonchev–Trinajstić information content (AvgIpc) is 2.38. The second-order valence-corrected chi connectivity index (χ2v) is 5.02. The number of hydrogen-bond donors (Lipinski definition) is 2. The third-order valence-corrected chi connectivity index (χ3v) is 3.05. The summed E-state index contributed by atoms with van der Waals surface area (Å²) in [6, 6.07) is 9.58. The van der Waals surface area contributed by atoms with Crippen LogP contribution in [0.25, 0.3) is 10.9 Å². The molecule has 0 atom stereocenters. The molecule has 0 spiro atoms. The number of benzene rings is 1. The second-order valence-electron chi connectivity index (χ2n) is 5.02. The van der Waals surface area contributed by atoms with Crippen LogP contribution in [0.5, 0.6) is 0 Å². The molecule has 2 aromatic rings. The molecule has 0 aliphatic rings. The number of pyridine rings is 1. The van der Waals surface area contributed by atoms with E-state index in [1.54, 1.807) is 6.20 Å². The van der Waals surface area contributed by atoms with Gasteiger partial charge < -0.3 is 10.6 Å². The summed E-state index contributed by atoms with van der Waals surface area (Å²) in [7, 11) is 0. The quantitative estimate of drug-likeness (QED) is 0.885. The summed E-state index contributed by atoms with van der Waals surface area (Å²) in [6.45, 7) is 6.47. The van der Waals surface area contributed by atoms with Crippen molar-refractivity contribution >= 4 is 22.5 Å². The Balaban J connectivity index is 2.19. The van der Waals surface area contributed by atoms with Gasteiger partial charge in [-0.05, 0) is 44.7 Å². The van der Waals surface area contributed by atoms with E-state index in [-0.39, 0.29) is 5.91 Å². The van der Waals surface area contributed by atoms with Crippen LogP contribution in [0.2, 0.25) is 0 Å². The standard InChI is InChI=1S/C15H19N3O/c1-4-17-15(2,3)14(19)18-12-7-8-13-11(10-12)6-5-9-16-13/h5-10,17H,4H2,1-3H3,(H,18,19). The van der Waals surface area contributed by atoms with Gasteiger partial charge in [-0.15, -0.1) is 0 Å². The first-order valence-corrected chi connectivity index (χ1v) is 6.44. The fraction of sp³-hybridized carbons (Fsp3) is 0.333. The number of rotatable bonds is 4. The molecule has 2 N–H and O–H groups in total. The number of anilines is 1. The van der Waals surface area contributed by atoms with Gasteiger partial charge in [0.2, 0.25) is 5.91 Å². The Bertz CT molecular complexity index is 593. The van der Waals surface area contributed by atoms with Crippen LogP contribution in [0.3, 0.4) is 0 Å². The maximum absolute atomic E-state index is 12.2. The van der Waals surface area contributed by atoms with Crippen LogP contribution in [0.1, 0.15) is 20.8 Å². The highest BCUT2D eigenvalue weighted by Gasteiger charge is 2.26. The van der Waals surface area contributed by atoms with Crippen LogP contribution in [0.4, 0.5) is 5.69 Å². The van der Waals surface area contributed by atoms with Gasteiger partial charge >= 0.3 is 0 Å². The SMILES string of the molecule is CCNC(C)(C)C(=O)Nc1ccc2ncccc2c1. The lowest BCUT2D eigenvalue weighted by Gasteiger charge is -2.24. The van der Waals surface area contributed by atoms with E-state index < -0.39 is 5.54 Å². The van der Waals surface area contributed by atoms with Gasteiger partial charge in [0.15, 0.2) is 0 Å². The van der Waals surface area contributed by atoms with Crippen molar-refractivity contribution in [3.8, 4) is 0 Å². The molecule has 19 heavy (non-hydrogen) atoms. The maximum Gasteiger partial charge on any atom is 0.244 e. The van der Waals surface area contributed by atoms with E-state index in [9.17, 15) is 4.79 Å². The molecule has 0 bridgehead atoms. The second kappa shape index (κ2) is 5.36. The summed E-state index contributed by atoms with van der Waals surface area (Å²) < 4.78 is 0. The topological polar surface area (TPSA) is 54.0 Å². The van der Waals surface area contributed by atoms with Gasteiger partial charge in [-0.25, -0.2) is 0 Å². The molecule has 1 aromatic carbocycles. The predicted octanol–water partition coefficient (Wildman–Crippen LogP) is 2.56. The Labute approximate surface area is 113 Å². The molecule has 2 rings (SSSR count). The molecule has 100 valence electrons. The van der Waals surface area contributed by atoms with Gasteiger partial charge in [-0.1, -0.05) is 13.0 Å². The lowest BCUT2D eigenvalue weighted by molar-refractivity contribution is -0.121. The molecule has 0 unspecified atom stereocenters. The van der Waals surface area contributed by atoms with Crippen LogP contribution in [-0.2, 0) is 4.79 Å². The fourth-order valence-electron chi connectivity index (χ4n) is 1.96. The maximum atomic E-state index is 12.2. The molecule has 0 aliphatic heterocycles. The van der Waals surface area contributed by atoms with Crippen molar-refractivity contribution in [2.24, 2.45) is 0 Å². The van der Waals surface area contributed by atoms with Crippen molar-refractivity contribution in [2.45, 2.75) is 26.3 Å². The van der Waals surface area contributed by atoms with E-state index in [0.29, 0.717) is 0 Å². The van der Waals surface area contributed by atoms with Gasteiger partial charge in [0.05, 0.1) is 11.1 Å². The summed E-state index contributed by atoms with van der Waals surface area (Å²) in [5, 5.41) is 7.10. The molecule has 4 heteroatoms. The zero-order valence-electron chi connectivity index (χ0n) is 11.5. The van der Waals surface area contributed by atoms with E-state index in [1.165, 1.54) is 0 Å². The van der Waals surface area contributed by atoms with Crippen LogP contribution < -0.4 is 10.6 Å². The molecular formula is C15H19N3O. The highest BCUT2D eigenvalue weighted by atomic mass is 16.2. The van der Waals surface area contributed by atoms with Crippen molar-refractivity contribution in [1.82, 2.24) is 10.3 Å². The lowest BCUT2D eigenvalue weighted by Crippen LogP contribution is -2.49. The largest absolute Gasteiger partial charge is 0.324 e. The first-order valence-electron chi connectivity index (χ1n) is 6.44. The molecule has 1 heterocycles. The molecule has 1 aromatic heterocycles. The summed E-state index contributed by atoms with van der Waals surface area (Å²) in [6.07, 6.45) is 1.76. The molecule has 0 radical (unpaired) electrons. The number of aromatic nitrogens is 1. The monoisotopic (exact) mass is 257 g/mol. The minimum atomic E-state index is -0.585. The van der Waals surface area contributed by atoms with Gasteiger partial charge in [0, 0.05) is 17.3 Å². The zero-order valence-corrected chi connectivity index (χ0v) is 11.5. The summed E-state index contributed by atoms with van der Waals surface area (Å²) in [4.78, 5) is 16.4. The van der Waals surface area contributed by atoms with E-state index in [2.05, 4.69) is 15.6 Å². The first-order chi connectivity index (χ1) is 9.03. The predicted molar refractivity (Wildman–Crippen MR) is 78.1 cm³/mol. The third kappa shape index (κ3) is 3.09. The Hall–Kier alpha value is -1.94. The van der Waals surface area contributed by atoms with Gasteiger partial charge in [0.1, 0.15) is 0 Å². The highest BCUT2D eigenvalue weighted by Crippen LogP contribution is 2.18. The molecule has 0 aliphatic carbocycles. The van der Waals surface area contributed by atoms with Crippen LogP contribution in [0, 0.1) is 0 Å². The van der Waals surface area contributed by atoms with Crippen molar-refractivity contribution in [1.29, 1.82) is 0 Å². The molecular weight excluding hydrogens is 238 g/mol. The molecule has 0 fully saturated rings. The van der Waals surface area contributed by atoms with Gasteiger partial charge in [-0.3, -0.25) is 9.78 Å². The molecule has 0 saturated heterocycles. The smallest absolute Gasteiger partial charge is 0.244 e. The number of amides is 1.